The van der Waals surface area contributed by atoms with E-state index in [1.165, 1.54) is 18.4 Å². The van der Waals surface area contributed by atoms with Crippen molar-refractivity contribution in [2.75, 3.05) is 0 Å². The van der Waals surface area contributed by atoms with E-state index in [2.05, 4.69) is 55.5 Å². The van der Waals surface area contributed by atoms with Crippen LogP contribution >= 0.6 is 0 Å². The molecule has 2 aliphatic rings. The van der Waals surface area contributed by atoms with Gasteiger partial charge in [-0.05, 0) is 64.2 Å². The minimum Gasteiger partial charge on any atom is -0.221 e. The van der Waals surface area contributed by atoms with Crippen LogP contribution in [-0.2, 0) is 26.2 Å². The second kappa shape index (κ2) is 17.9. The van der Waals surface area contributed by atoms with E-state index in [1.807, 2.05) is 82.4 Å². The molecular formula is C28H28Zr. The number of unbranched alkanes of at least 4 members (excludes halogenated alkanes) is 1. The number of allylic oxidation sites excluding steroid dienone is 1. The van der Waals surface area contributed by atoms with Crippen LogP contribution < -0.4 is 0 Å². The largest absolute Gasteiger partial charge is 2.00 e. The molecule has 0 amide bonds. The van der Waals surface area contributed by atoms with Crippen LogP contribution in [0, 0.1) is 76.4 Å². The van der Waals surface area contributed by atoms with Crippen LogP contribution in [0.4, 0.5) is 0 Å². The molecule has 0 unspecified atom stereocenters. The van der Waals surface area contributed by atoms with Gasteiger partial charge in [-0.2, -0.15) is 35.9 Å². The van der Waals surface area contributed by atoms with Crippen molar-refractivity contribution in [2.45, 2.75) is 26.2 Å². The molecule has 0 spiro atoms. The second-order valence-corrected chi connectivity index (χ2v) is 6.27. The van der Waals surface area contributed by atoms with Crippen LogP contribution in [0.5, 0.6) is 0 Å². The van der Waals surface area contributed by atoms with Crippen LogP contribution in [-0.4, -0.2) is 0 Å². The first kappa shape index (κ1) is 26.1. The summed E-state index contributed by atoms with van der Waals surface area (Å²) in [4.78, 5) is 0. The van der Waals surface area contributed by atoms with Gasteiger partial charge in [0, 0.05) is 0 Å². The van der Waals surface area contributed by atoms with E-state index in [0.29, 0.717) is 0 Å². The Morgan fingerprint density at radius 3 is 1.69 bits per heavy atom. The Hall–Kier alpha value is -0.937. The summed E-state index contributed by atoms with van der Waals surface area (Å²) in [6, 6.07) is 21.8. The summed E-state index contributed by atoms with van der Waals surface area (Å²) in [7, 11) is 0. The first-order valence-corrected chi connectivity index (χ1v) is 9.88. The number of rotatable bonds is 5. The molecule has 2 fully saturated rings. The molecule has 4 rings (SSSR count). The van der Waals surface area contributed by atoms with Gasteiger partial charge in [-0.25, -0.2) is 11.1 Å². The van der Waals surface area contributed by atoms with Crippen LogP contribution in [0.2, 0.25) is 0 Å². The summed E-state index contributed by atoms with van der Waals surface area (Å²) in [5, 5.41) is 0. The van der Waals surface area contributed by atoms with Gasteiger partial charge < -0.3 is 0 Å². The predicted octanol–water partition coefficient (Wildman–Crippen LogP) is 6.95. The zero-order chi connectivity index (χ0) is 19.7. The average molecular weight is 456 g/mol. The van der Waals surface area contributed by atoms with Crippen molar-refractivity contribution in [2.24, 2.45) is 0 Å². The Kier molecular flexibility index (Phi) is 16.1. The Bertz CT molecular complexity index is 597. The van der Waals surface area contributed by atoms with Gasteiger partial charge in [0.05, 0.1) is 0 Å². The molecule has 0 bridgehead atoms. The third kappa shape index (κ3) is 12.4. The number of hydrogen-bond donors (Lipinski definition) is 0. The first-order chi connectivity index (χ1) is 13.9. The molecule has 0 atom stereocenters. The Balaban J connectivity index is 0.000000311. The minimum atomic E-state index is 0. The van der Waals surface area contributed by atoms with Crippen LogP contribution in [0.3, 0.4) is 0 Å². The van der Waals surface area contributed by atoms with Gasteiger partial charge in [-0.15, -0.1) is 30.3 Å². The molecule has 2 aromatic carbocycles. The molecule has 2 aliphatic carbocycles. The molecule has 0 N–H and O–H groups in total. The fourth-order valence-electron chi connectivity index (χ4n) is 2.54. The molecular weight excluding hydrogens is 428 g/mol. The maximum absolute atomic E-state index is 3.52. The van der Waals surface area contributed by atoms with Gasteiger partial charge in [0.1, 0.15) is 0 Å². The molecule has 0 nitrogen and oxygen atoms in total. The SMILES string of the molecule is CCCCC(=[C-]c1ccccc1)c1[c-]cccc1.[CH]1[CH][CH][CH][CH]1.[CH]1[CH][CH][CH][CH]1.[Zr+2]. The Labute approximate surface area is 199 Å². The predicted molar refractivity (Wildman–Crippen MR) is 120 cm³/mol. The van der Waals surface area contributed by atoms with Crippen LogP contribution in [0.15, 0.2) is 54.6 Å². The Morgan fingerprint density at radius 1 is 0.724 bits per heavy atom. The fraction of sp³-hybridized carbons (Fsp3) is 0.143. The summed E-state index contributed by atoms with van der Waals surface area (Å²) >= 11 is 0. The molecule has 1 heteroatoms. The van der Waals surface area contributed by atoms with E-state index in [4.69, 9.17) is 0 Å². The molecule has 10 radical (unpaired) electrons. The van der Waals surface area contributed by atoms with Crippen molar-refractivity contribution < 1.29 is 26.2 Å². The van der Waals surface area contributed by atoms with Crippen molar-refractivity contribution in [1.82, 2.24) is 0 Å². The molecule has 0 saturated heterocycles. The number of benzene rings is 2. The molecule has 2 aromatic rings. The normalized spacial score (nSPS) is 15.4. The third-order valence-electron chi connectivity index (χ3n) is 3.99. The van der Waals surface area contributed by atoms with Crippen molar-refractivity contribution in [3.8, 4) is 0 Å². The molecule has 0 aromatic heterocycles. The van der Waals surface area contributed by atoms with E-state index in [1.54, 1.807) is 0 Å². The monoisotopic (exact) mass is 454 g/mol. The second-order valence-electron chi connectivity index (χ2n) is 6.27. The summed E-state index contributed by atoms with van der Waals surface area (Å²) in [5.74, 6) is 0. The standard InChI is InChI=1S/C18H18.2C5H5.Zr/c1-2-3-12-18(17-13-8-5-9-14-17)15-16-10-6-4-7-11-16;2*1-2-4-5-3-1;/h4-11,13H,2-3,12H2,1H3;2*1-5H;/q-2;;;+2. The van der Waals surface area contributed by atoms with E-state index in [0.717, 1.165) is 17.5 Å². The quantitative estimate of drug-likeness (QED) is 0.338. The molecule has 2 saturated carbocycles. The van der Waals surface area contributed by atoms with Crippen LogP contribution in [0.1, 0.15) is 37.3 Å². The summed E-state index contributed by atoms with van der Waals surface area (Å²) in [5.41, 5.74) is 3.55. The zero-order valence-corrected chi connectivity index (χ0v) is 19.5. The third-order valence-corrected chi connectivity index (χ3v) is 3.99. The van der Waals surface area contributed by atoms with Crippen molar-refractivity contribution in [1.29, 1.82) is 0 Å². The number of hydrogen-bond acceptors (Lipinski definition) is 0. The smallest absolute Gasteiger partial charge is 0.221 e. The van der Waals surface area contributed by atoms with Gasteiger partial charge in [0.25, 0.3) is 0 Å². The molecule has 29 heavy (non-hydrogen) atoms. The fourth-order valence-corrected chi connectivity index (χ4v) is 2.54. The van der Waals surface area contributed by atoms with Crippen LogP contribution in [0.25, 0.3) is 5.57 Å². The van der Waals surface area contributed by atoms with Gasteiger partial charge in [-0.3, -0.25) is 0 Å². The zero-order valence-electron chi connectivity index (χ0n) is 17.1. The van der Waals surface area contributed by atoms with Crippen molar-refractivity contribution in [3.05, 3.63) is 142 Å². The summed E-state index contributed by atoms with van der Waals surface area (Å²) in [6.07, 6.45) is 27.0. The minimum absolute atomic E-state index is 0. The van der Waals surface area contributed by atoms with Crippen molar-refractivity contribution in [3.63, 3.8) is 0 Å². The maximum Gasteiger partial charge on any atom is 2.00 e. The van der Waals surface area contributed by atoms with E-state index in [9.17, 15) is 0 Å². The Morgan fingerprint density at radius 2 is 1.24 bits per heavy atom. The van der Waals surface area contributed by atoms with Crippen molar-refractivity contribution >= 4 is 5.57 Å². The molecule has 0 aliphatic heterocycles. The topological polar surface area (TPSA) is 0 Å². The van der Waals surface area contributed by atoms with Gasteiger partial charge in [0.15, 0.2) is 0 Å². The molecule has 0 heterocycles. The summed E-state index contributed by atoms with van der Waals surface area (Å²) < 4.78 is 0. The van der Waals surface area contributed by atoms with E-state index in [-0.39, 0.29) is 26.2 Å². The average Bonchev–Trinajstić information content (AvgIpc) is 3.52. The molecule has 144 valence electrons. The van der Waals surface area contributed by atoms with E-state index < -0.39 is 0 Å². The van der Waals surface area contributed by atoms with Gasteiger partial charge in [-0.1, -0.05) is 32.3 Å². The maximum atomic E-state index is 3.52. The first-order valence-electron chi connectivity index (χ1n) is 9.88. The van der Waals surface area contributed by atoms with Gasteiger partial charge >= 0.3 is 26.2 Å². The van der Waals surface area contributed by atoms with E-state index >= 15 is 0 Å². The van der Waals surface area contributed by atoms with Gasteiger partial charge in [0.2, 0.25) is 0 Å². The summed E-state index contributed by atoms with van der Waals surface area (Å²) in [6.45, 7) is 2.22.